The summed E-state index contributed by atoms with van der Waals surface area (Å²) in [5.74, 6) is -0.180. The van der Waals surface area contributed by atoms with Crippen LogP contribution in [0.2, 0.25) is 0 Å². The van der Waals surface area contributed by atoms with Gasteiger partial charge in [0, 0.05) is 28.9 Å². The van der Waals surface area contributed by atoms with E-state index in [0.717, 1.165) is 22.0 Å². The molecular weight excluding hydrogens is 374 g/mol. The molecule has 0 atom stereocenters. The Morgan fingerprint density at radius 1 is 1.14 bits per heavy atom. The van der Waals surface area contributed by atoms with Gasteiger partial charge in [0.1, 0.15) is 11.6 Å². The number of morpholine rings is 1. The van der Waals surface area contributed by atoms with Crippen molar-refractivity contribution in [2.45, 2.75) is 6.42 Å². The van der Waals surface area contributed by atoms with E-state index < -0.39 is 0 Å². The third-order valence-corrected chi connectivity index (χ3v) is 5.30. The molecule has 0 radical (unpaired) electrons. The molecule has 1 aromatic heterocycles. The Kier molecular flexibility index (Phi) is 5.45. The number of hydrogen-bond acceptors (Lipinski definition) is 5. The number of nitrogens with one attached hydrogen (secondary N) is 1. The number of anilines is 2. The number of thiazole rings is 1. The summed E-state index contributed by atoms with van der Waals surface area (Å²) < 4.78 is 5.14. The van der Waals surface area contributed by atoms with Gasteiger partial charge in [-0.25, -0.2) is 4.98 Å². The van der Waals surface area contributed by atoms with Crippen molar-refractivity contribution in [3.05, 3.63) is 65.7 Å². The number of amides is 2. The summed E-state index contributed by atoms with van der Waals surface area (Å²) in [7, 11) is 0. The van der Waals surface area contributed by atoms with Gasteiger partial charge in [-0.1, -0.05) is 30.3 Å². The summed E-state index contributed by atoms with van der Waals surface area (Å²) >= 11 is 1.53. The lowest BCUT2D eigenvalue weighted by Crippen LogP contribution is -2.41. The van der Waals surface area contributed by atoms with E-state index in [1.54, 1.807) is 17.0 Å². The lowest BCUT2D eigenvalue weighted by molar-refractivity contribution is -0.125. The fraction of sp³-hybridized carbons (Fsp3) is 0.190. The van der Waals surface area contributed by atoms with Gasteiger partial charge in [0.25, 0.3) is 5.91 Å². The van der Waals surface area contributed by atoms with E-state index in [1.165, 1.54) is 11.3 Å². The molecule has 4 rings (SSSR count). The van der Waals surface area contributed by atoms with E-state index in [4.69, 9.17) is 4.74 Å². The lowest BCUT2D eigenvalue weighted by Gasteiger charge is -2.26. The summed E-state index contributed by atoms with van der Waals surface area (Å²) in [4.78, 5) is 30.5. The van der Waals surface area contributed by atoms with Crippen LogP contribution >= 0.6 is 11.3 Å². The highest BCUT2D eigenvalue weighted by atomic mass is 32.1. The molecule has 3 aromatic rings. The normalized spacial score (nSPS) is 14.1. The van der Waals surface area contributed by atoms with Gasteiger partial charge in [-0.15, -0.1) is 11.3 Å². The largest absolute Gasteiger partial charge is 0.370 e. The Bertz CT molecular complexity index is 970. The number of hydrogen-bond donors (Lipinski definition) is 1. The molecule has 1 fully saturated rings. The van der Waals surface area contributed by atoms with Crippen molar-refractivity contribution in [2.75, 3.05) is 30.0 Å². The molecule has 2 heterocycles. The first kappa shape index (κ1) is 18.3. The van der Waals surface area contributed by atoms with Gasteiger partial charge in [0.15, 0.2) is 0 Å². The number of carbonyl (C=O) groups is 2. The number of ether oxygens (including phenoxy) is 1. The summed E-state index contributed by atoms with van der Waals surface area (Å²) in [6.45, 7) is 1.18. The van der Waals surface area contributed by atoms with E-state index in [2.05, 4.69) is 10.3 Å². The molecule has 1 saturated heterocycles. The third-order valence-electron chi connectivity index (χ3n) is 4.36. The molecular formula is C21H19N3O3S. The first-order valence-corrected chi connectivity index (χ1v) is 9.85. The molecule has 28 heavy (non-hydrogen) atoms. The first-order chi connectivity index (χ1) is 13.7. The van der Waals surface area contributed by atoms with E-state index >= 15 is 0 Å². The Morgan fingerprint density at radius 3 is 2.68 bits per heavy atom. The molecule has 7 heteroatoms. The maximum absolute atomic E-state index is 12.3. The summed E-state index contributed by atoms with van der Waals surface area (Å²) in [5.41, 5.74) is 3.29. The van der Waals surface area contributed by atoms with Crippen molar-refractivity contribution in [1.82, 2.24) is 4.98 Å². The molecule has 6 nitrogen and oxygen atoms in total. The van der Waals surface area contributed by atoms with Crippen molar-refractivity contribution >= 4 is 34.5 Å². The van der Waals surface area contributed by atoms with Crippen molar-refractivity contribution in [2.24, 2.45) is 0 Å². The van der Waals surface area contributed by atoms with Gasteiger partial charge < -0.3 is 15.0 Å². The second-order valence-electron chi connectivity index (χ2n) is 6.38. The zero-order chi connectivity index (χ0) is 19.3. The number of benzene rings is 2. The molecule has 1 aliphatic rings. The molecule has 2 amide bonds. The number of nitrogens with zero attached hydrogens (tertiary/aromatic N) is 2. The van der Waals surface area contributed by atoms with Crippen LogP contribution in [-0.4, -0.2) is 36.6 Å². The highest BCUT2D eigenvalue weighted by molar-refractivity contribution is 7.13. The van der Waals surface area contributed by atoms with Crippen LogP contribution in [0.5, 0.6) is 0 Å². The van der Waals surface area contributed by atoms with Gasteiger partial charge in [-0.3, -0.25) is 9.59 Å². The lowest BCUT2D eigenvalue weighted by atomic mass is 10.2. The number of carbonyl (C=O) groups excluding carboxylic acids is 2. The summed E-state index contributed by atoms with van der Waals surface area (Å²) in [6.07, 6.45) is 0.215. The van der Waals surface area contributed by atoms with Crippen LogP contribution in [0.4, 0.5) is 11.4 Å². The minimum atomic E-state index is -0.125. The van der Waals surface area contributed by atoms with E-state index in [1.807, 2.05) is 47.8 Å². The number of aromatic nitrogens is 1. The molecule has 0 aliphatic carbocycles. The van der Waals surface area contributed by atoms with E-state index in [9.17, 15) is 9.59 Å². The van der Waals surface area contributed by atoms with Crippen molar-refractivity contribution < 1.29 is 14.3 Å². The molecule has 0 saturated carbocycles. The van der Waals surface area contributed by atoms with Gasteiger partial charge in [-0.2, -0.15) is 0 Å². The Hall–Kier alpha value is -3.03. The van der Waals surface area contributed by atoms with Crippen LogP contribution in [0.1, 0.15) is 5.69 Å². The predicted octanol–water partition coefficient (Wildman–Crippen LogP) is 3.35. The highest BCUT2D eigenvalue weighted by Gasteiger charge is 2.20. The third kappa shape index (κ3) is 4.27. The topological polar surface area (TPSA) is 71.5 Å². The SMILES string of the molecule is O=C(Cc1csc(-c2ccccc2)n1)Nc1ccc(N2CCOCC2=O)cc1. The van der Waals surface area contributed by atoms with Gasteiger partial charge >= 0.3 is 0 Å². The van der Waals surface area contributed by atoms with Crippen LogP contribution in [0.15, 0.2) is 60.0 Å². The molecule has 0 spiro atoms. The average molecular weight is 393 g/mol. The minimum Gasteiger partial charge on any atom is -0.370 e. The van der Waals surface area contributed by atoms with Crippen LogP contribution in [-0.2, 0) is 20.7 Å². The quantitative estimate of drug-likeness (QED) is 0.722. The van der Waals surface area contributed by atoms with Crippen molar-refractivity contribution in [3.8, 4) is 10.6 Å². The molecule has 1 N–H and O–H groups in total. The second kappa shape index (κ2) is 8.33. The standard InChI is InChI=1S/C21H19N3O3S/c25-19(12-17-14-28-21(23-17)15-4-2-1-3-5-15)22-16-6-8-18(9-7-16)24-10-11-27-13-20(24)26/h1-9,14H,10-13H2,(H,22,25). The smallest absolute Gasteiger partial charge is 0.253 e. The van der Waals surface area contributed by atoms with Crippen LogP contribution in [0, 0.1) is 0 Å². The summed E-state index contributed by atoms with van der Waals surface area (Å²) in [5, 5.41) is 5.70. The van der Waals surface area contributed by atoms with Crippen LogP contribution < -0.4 is 10.2 Å². The molecule has 1 aliphatic heterocycles. The molecule has 0 unspecified atom stereocenters. The number of rotatable bonds is 5. The first-order valence-electron chi connectivity index (χ1n) is 8.97. The van der Waals surface area contributed by atoms with Gasteiger partial charge in [-0.05, 0) is 24.3 Å². The molecule has 2 aromatic carbocycles. The molecule has 142 valence electrons. The fourth-order valence-corrected chi connectivity index (χ4v) is 3.81. The maximum Gasteiger partial charge on any atom is 0.253 e. The molecule has 0 bridgehead atoms. The van der Waals surface area contributed by atoms with Crippen LogP contribution in [0.3, 0.4) is 0 Å². The Labute approximate surface area is 166 Å². The zero-order valence-electron chi connectivity index (χ0n) is 15.1. The monoisotopic (exact) mass is 393 g/mol. The Morgan fingerprint density at radius 2 is 1.93 bits per heavy atom. The van der Waals surface area contributed by atoms with E-state index in [-0.39, 0.29) is 24.8 Å². The predicted molar refractivity (Wildman–Crippen MR) is 109 cm³/mol. The second-order valence-corrected chi connectivity index (χ2v) is 7.24. The van der Waals surface area contributed by atoms with Crippen LogP contribution in [0.25, 0.3) is 10.6 Å². The van der Waals surface area contributed by atoms with Gasteiger partial charge in [0.05, 0.1) is 18.7 Å². The highest BCUT2D eigenvalue weighted by Crippen LogP contribution is 2.24. The Balaban J connectivity index is 1.36. The zero-order valence-corrected chi connectivity index (χ0v) is 15.9. The van der Waals surface area contributed by atoms with Crippen molar-refractivity contribution in [3.63, 3.8) is 0 Å². The summed E-state index contributed by atoms with van der Waals surface area (Å²) in [6, 6.07) is 17.2. The van der Waals surface area contributed by atoms with Crippen molar-refractivity contribution in [1.29, 1.82) is 0 Å². The van der Waals surface area contributed by atoms with Gasteiger partial charge in [0.2, 0.25) is 5.91 Å². The maximum atomic E-state index is 12.3. The minimum absolute atomic E-state index is 0.0548. The average Bonchev–Trinajstić information content (AvgIpc) is 3.18. The van der Waals surface area contributed by atoms with E-state index in [0.29, 0.717) is 18.8 Å². The fourth-order valence-electron chi connectivity index (χ4n) is 2.99.